The number of thioether (sulfide) groups is 1. The van der Waals surface area contributed by atoms with E-state index in [0.717, 1.165) is 24.6 Å². The smallest absolute Gasteiger partial charge is 0.351 e. The normalized spacial score (nSPS) is 24.6. The number of rotatable bonds is 1. The van der Waals surface area contributed by atoms with Crippen LogP contribution in [-0.2, 0) is 6.18 Å². The maximum absolute atomic E-state index is 12.6. The Morgan fingerprint density at radius 3 is 2.68 bits per heavy atom. The highest BCUT2D eigenvalue weighted by molar-refractivity contribution is 8.00. The lowest BCUT2D eigenvalue weighted by atomic mass is 10.2. The summed E-state index contributed by atoms with van der Waals surface area (Å²) in [4.78, 5) is 5.89. The summed E-state index contributed by atoms with van der Waals surface area (Å²) in [6.07, 6.45) is -3.56. The molecule has 0 aliphatic carbocycles. The average Bonchev–Trinajstić information content (AvgIpc) is 2.32. The van der Waals surface area contributed by atoms with Gasteiger partial charge in [-0.2, -0.15) is 24.9 Å². The van der Waals surface area contributed by atoms with Gasteiger partial charge in [0.25, 0.3) is 0 Å². The number of alkyl halides is 3. The zero-order chi connectivity index (χ0) is 14.2. The van der Waals surface area contributed by atoms with E-state index < -0.39 is 11.7 Å². The van der Waals surface area contributed by atoms with Crippen LogP contribution in [0.1, 0.15) is 19.4 Å². The van der Waals surface area contributed by atoms with Gasteiger partial charge in [-0.25, -0.2) is 4.98 Å². The second-order valence-corrected chi connectivity index (χ2v) is 6.43. The first-order valence-electron chi connectivity index (χ1n) is 5.91. The molecule has 1 saturated heterocycles. The van der Waals surface area contributed by atoms with Gasteiger partial charge in [-0.15, -0.1) is 0 Å². The van der Waals surface area contributed by atoms with E-state index in [2.05, 4.69) is 11.9 Å². The van der Waals surface area contributed by atoms with Crippen LogP contribution in [0.25, 0.3) is 0 Å². The minimum absolute atomic E-state index is 0.0563. The Balaban J connectivity index is 2.31. The Bertz CT molecular complexity index is 467. The monoisotopic (exact) mass is 310 g/mol. The molecular formula is C12H14ClF3N2S. The van der Waals surface area contributed by atoms with Crippen molar-refractivity contribution in [2.75, 3.05) is 17.2 Å². The molecule has 2 unspecified atom stereocenters. The minimum atomic E-state index is -4.41. The Morgan fingerprint density at radius 1 is 1.42 bits per heavy atom. The maximum atomic E-state index is 12.6. The summed E-state index contributed by atoms with van der Waals surface area (Å²) in [7, 11) is 0. The first kappa shape index (κ1) is 14.8. The molecule has 106 valence electrons. The van der Waals surface area contributed by atoms with E-state index >= 15 is 0 Å². The summed E-state index contributed by atoms with van der Waals surface area (Å²) >= 11 is 7.82. The lowest BCUT2D eigenvalue weighted by molar-refractivity contribution is -0.137. The fourth-order valence-electron chi connectivity index (χ4n) is 2.03. The van der Waals surface area contributed by atoms with Crippen molar-refractivity contribution in [2.24, 2.45) is 0 Å². The molecule has 19 heavy (non-hydrogen) atoms. The van der Waals surface area contributed by atoms with Crippen molar-refractivity contribution in [1.29, 1.82) is 0 Å². The van der Waals surface area contributed by atoms with Crippen molar-refractivity contribution in [3.05, 3.63) is 22.8 Å². The van der Waals surface area contributed by atoms with Gasteiger partial charge in [0.1, 0.15) is 5.82 Å². The Kier molecular flexibility index (Phi) is 4.20. The van der Waals surface area contributed by atoms with E-state index in [4.69, 9.17) is 11.6 Å². The van der Waals surface area contributed by atoms with Crippen LogP contribution >= 0.6 is 23.4 Å². The molecule has 0 N–H and O–H groups in total. The molecule has 0 aromatic carbocycles. The largest absolute Gasteiger partial charge is 0.417 e. The van der Waals surface area contributed by atoms with E-state index in [1.165, 1.54) is 0 Å². The number of aromatic nitrogens is 1. The highest BCUT2D eigenvalue weighted by atomic mass is 35.5. The minimum Gasteiger partial charge on any atom is -0.351 e. The number of anilines is 1. The van der Waals surface area contributed by atoms with Gasteiger partial charge in [-0.3, -0.25) is 0 Å². The predicted molar refractivity (Wildman–Crippen MR) is 73.0 cm³/mol. The molecule has 2 rings (SSSR count). The Morgan fingerprint density at radius 2 is 2.11 bits per heavy atom. The quantitative estimate of drug-likeness (QED) is 0.777. The van der Waals surface area contributed by atoms with Crippen molar-refractivity contribution in [3.63, 3.8) is 0 Å². The van der Waals surface area contributed by atoms with E-state index in [-0.39, 0.29) is 11.1 Å². The molecule has 1 aromatic rings. The van der Waals surface area contributed by atoms with Gasteiger partial charge in [0.15, 0.2) is 0 Å². The lowest BCUT2D eigenvalue weighted by Gasteiger charge is -2.38. The second kappa shape index (κ2) is 5.40. The van der Waals surface area contributed by atoms with Crippen LogP contribution in [0, 0.1) is 0 Å². The van der Waals surface area contributed by atoms with Crippen LogP contribution in [0.2, 0.25) is 5.02 Å². The van der Waals surface area contributed by atoms with Gasteiger partial charge < -0.3 is 4.90 Å². The lowest BCUT2D eigenvalue weighted by Crippen LogP contribution is -2.45. The number of halogens is 4. The molecule has 1 aliphatic heterocycles. The van der Waals surface area contributed by atoms with Crippen LogP contribution in [0.5, 0.6) is 0 Å². The van der Waals surface area contributed by atoms with Crippen LogP contribution in [-0.4, -0.2) is 28.6 Å². The van der Waals surface area contributed by atoms with Crippen molar-refractivity contribution >= 4 is 29.2 Å². The predicted octanol–water partition coefficient (Wildman–Crippen LogP) is 4.08. The molecule has 2 heterocycles. The van der Waals surface area contributed by atoms with Crippen molar-refractivity contribution in [2.45, 2.75) is 31.3 Å². The summed E-state index contributed by atoms with van der Waals surface area (Å²) < 4.78 is 37.7. The fourth-order valence-corrected chi connectivity index (χ4v) is 3.40. The van der Waals surface area contributed by atoms with Crippen LogP contribution in [0.3, 0.4) is 0 Å². The van der Waals surface area contributed by atoms with Gasteiger partial charge in [-0.05, 0) is 13.0 Å². The topological polar surface area (TPSA) is 16.1 Å². The maximum Gasteiger partial charge on any atom is 0.417 e. The van der Waals surface area contributed by atoms with E-state index in [1.807, 2.05) is 23.6 Å². The molecule has 2 nitrogen and oxygen atoms in total. The number of hydrogen-bond acceptors (Lipinski definition) is 3. The van der Waals surface area contributed by atoms with Crippen molar-refractivity contribution in [1.82, 2.24) is 4.98 Å². The summed E-state index contributed by atoms with van der Waals surface area (Å²) in [5.41, 5.74) is -0.812. The molecule has 1 aliphatic rings. The summed E-state index contributed by atoms with van der Waals surface area (Å²) in [5.74, 6) is 1.36. The molecule has 2 atom stereocenters. The third-order valence-electron chi connectivity index (χ3n) is 3.31. The molecule has 7 heteroatoms. The van der Waals surface area contributed by atoms with Gasteiger partial charge in [0.05, 0.1) is 10.6 Å². The zero-order valence-corrected chi connectivity index (χ0v) is 12.1. The van der Waals surface area contributed by atoms with Crippen LogP contribution in [0.4, 0.5) is 19.0 Å². The summed E-state index contributed by atoms with van der Waals surface area (Å²) in [6.45, 7) is 4.88. The highest BCUT2D eigenvalue weighted by Gasteiger charge is 2.33. The Hall–Kier alpha value is -0.620. The molecule has 0 saturated carbocycles. The summed E-state index contributed by atoms with van der Waals surface area (Å²) in [6, 6.07) is 1.14. The van der Waals surface area contributed by atoms with Crippen molar-refractivity contribution in [3.8, 4) is 0 Å². The second-order valence-electron chi connectivity index (χ2n) is 4.54. The standard InChI is InChI=1S/C12H14ClF3N2S/c1-7-8(2)19-4-3-18(7)11-10(13)5-9(6-17-11)12(14,15)16/h5-8H,3-4H2,1-2H3. The first-order valence-corrected chi connectivity index (χ1v) is 7.34. The SMILES string of the molecule is CC1SCCN(c2ncc(C(F)(F)F)cc2Cl)C1C. The molecule has 0 spiro atoms. The van der Waals surface area contributed by atoms with Gasteiger partial charge in [0.2, 0.25) is 0 Å². The Labute approximate surface area is 119 Å². The van der Waals surface area contributed by atoms with Crippen molar-refractivity contribution < 1.29 is 13.2 Å². The average molecular weight is 311 g/mol. The first-order chi connectivity index (χ1) is 8.80. The third kappa shape index (κ3) is 3.11. The molecule has 0 radical (unpaired) electrons. The summed E-state index contributed by atoms with van der Waals surface area (Å²) in [5, 5.41) is 0.453. The number of pyridine rings is 1. The van der Waals surface area contributed by atoms with Crippen LogP contribution < -0.4 is 4.90 Å². The van der Waals surface area contributed by atoms with Gasteiger partial charge in [-0.1, -0.05) is 18.5 Å². The van der Waals surface area contributed by atoms with Crippen LogP contribution in [0.15, 0.2) is 12.3 Å². The fraction of sp³-hybridized carbons (Fsp3) is 0.583. The van der Waals surface area contributed by atoms with Gasteiger partial charge in [0, 0.05) is 29.8 Å². The zero-order valence-electron chi connectivity index (χ0n) is 10.5. The molecule has 0 bridgehead atoms. The highest BCUT2D eigenvalue weighted by Crippen LogP contribution is 2.36. The molecule has 1 aromatic heterocycles. The number of nitrogens with zero attached hydrogens (tertiary/aromatic N) is 2. The molecular weight excluding hydrogens is 297 g/mol. The molecule has 0 amide bonds. The van der Waals surface area contributed by atoms with E-state index in [9.17, 15) is 13.2 Å². The van der Waals surface area contributed by atoms with E-state index in [0.29, 0.717) is 11.1 Å². The molecule has 1 fully saturated rings. The number of hydrogen-bond donors (Lipinski definition) is 0. The third-order valence-corrected chi connectivity index (χ3v) is 4.92. The van der Waals surface area contributed by atoms with Gasteiger partial charge >= 0.3 is 6.18 Å². The van der Waals surface area contributed by atoms with E-state index in [1.54, 1.807) is 0 Å².